The van der Waals surface area contributed by atoms with E-state index in [1.807, 2.05) is 12.1 Å². The van der Waals surface area contributed by atoms with Gasteiger partial charge >= 0.3 is 0 Å². The van der Waals surface area contributed by atoms with Crippen LogP contribution in [0.5, 0.6) is 0 Å². The second-order valence-electron chi connectivity index (χ2n) is 4.19. The lowest BCUT2D eigenvalue weighted by molar-refractivity contribution is 0.0165. The van der Waals surface area contributed by atoms with Crippen molar-refractivity contribution in [3.63, 3.8) is 0 Å². The minimum Gasteiger partial charge on any atom is -0.463 e. The molecule has 1 fully saturated rings. The molecule has 2 heterocycles. The highest BCUT2D eigenvalue weighted by Gasteiger charge is 2.13. The van der Waals surface area contributed by atoms with Crippen LogP contribution in [0.25, 0.3) is 0 Å². The first-order valence-electron chi connectivity index (χ1n) is 5.98. The average molecular weight is 224 g/mol. The topological polar surface area (TPSA) is 60.4 Å². The van der Waals surface area contributed by atoms with E-state index in [1.165, 1.54) is 19.3 Å². The van der Waals surface area contributed by atoms with Gasteiger partial charge in [-0.25, -0.2) is 0 Å². The van der Waals surface area contributed by atoms with Gasteiger partial charge < -0.3 is 20.2 Å². The van der Waals surface area contributed by atoms with Gasteiger partial charge in [-0.1, -0.05) is 0 Å². The lowest BCUT2D eigenvalue weighted by atomic mass is 10.1. The molecule has 1 atom stereocenters. The summed E-state index contributed by atoms with van der Waals surface area (Å²) in [7, 11) is 0. The summed E-state index contributed by atoms with van der Waals surface area (Å²) in [6.45, 7) is 3.02. The zero-order chi connectivity index (χ0) is 11.2. The Morgan fingerprint density at radius 1 is 1.31 bits per heavy atom. The van der Waals surface area contributed by atoms with Gasteiger partial charge in [0.15, 0.2) is 0 Å². The number of rotatable bonds is 5. The fourth-order valence-electron chi connectivity index (χ4n) is 1.95. The molecule has 4 nitrogen and oxygen atoms in total. The molecule has 0 aliphatic carbocycles. The van der Waals surface area contributed by atoms with Crippen molar-refractivity contribution in [3.8, 4) is 0 Å². The van der Waals surface area contributed by atoms with E-state index in [0.717, 1.165) is 31.2 Å². The first kappa shape index (κ1) is 11.6. The van der Waals surface area contributed by atoms with E-state index >= 15 is 0 Å². The van der Waals surface area contributed by atoms with Crippen LogP contribution in [0.15, 0.2) is 16.5 Å². The lowest BCUT2D eigenvalue weighted by Gasteiger charge is -2.22. The Labute approximate surface area is 96.1 Å². The second-order valence-corrected chi connectivity index (χ2v) is 4.19. The molecule has 1 aromatic rings. The van der Waals surface area contributed by atoms with Crippen molar-refractivity contribution in [1.29, 1.82) is 0 Å². The molecular weight excluding hydrogens is 204 g/mol. The van der Waals surface area contributed by atoms with Gasteiger partial charge in [-0.05, 0) is 31.4 Å². The quantitative estimate of drug-likeness (QED) is 0.793. The molecule has 90 valence electrons. The summed E-state index contributed by atoms with van der Waals surface area (Å²) in [6.07, 6.45) is 4.02. The summed E-state index contributed by atoms with van der Waals surface area (Å²) in [6, 6.07) is 3.89. The summed E-state index contributed by atoms with van der Waals surface area (Å²) in [5.74, 6) is 1.78. The monoisotopic (exact) mass is 224 g/mol. The minimum absolute atomic E-state index is 0.373. The molecule has 1 saturated heterocycles. The normalized spacial score (nSPS) is 21.2. The standard InChI is InChI=1S/C12H20N2O2/c13-7-10-4-5-12(16-10)9-14-8-11-3-1-2-6-15-11/h4-5,11,14H,1-3,6-9,13H2. The fraction of sp³-hybridized carbons (Fsp3) is 0.667. The van der Waals surface area contributed by atoms with Crippen LogP contribution in [0.4, 0.5) is 0 Å². The summed E-state index contributed by atoms with van der Waals surface area (Å²) in [5, 5.41) is 3.35. The van der Waals surface area contributed by atoms with E-state index in [0.29, 0.717) is 12.6 Å². The molecule has 3 N–H and O–H groups in total. The average Bonchev–Trinajstić information content (AvgIpc) is 2.78. The maximum Gasteiger partial charge on any atom is 0.118 e. The van der Waals surface area contributed by atoms with Gasteiger partial charge in [0.05, 0.1) is 19.2 Å². The van der Waals surface area contributed by atoms with Crippen LogP contribution in [0, 0.1) is 0 Å². The number of hydrogen-bond acceptors (Lipinski definition) is 4. The molecule has 1 aliphatic heterocycles. The van der Waals surface area contributed by atoms with Crippen molar-refractivity contribution < 1.29 is 9.15 Å². The number of hydrogen-bond donors (Lipinski definition) is 2. The van der Waals surface area contributed by atoms with Crippen LogP contribution in [0.1, 0.15) is 30.8 Å². The molecule has 0 aromatic carbocycles. The maximum absolute atomic E-state index is 5.63. The van der Waals surface area contributed by atoms with Gasteiger partial charge in [0.2, 0.25) is 0 Å². The molecule has 4 heteroatoms. The summed E-state index contributed by atoms with van der Waals surface area (Å²) >= 11 is 0. The zero-order valence-corrected chi connectivity index (χ0v) is 9.58. The van der Waals surface area contributed by atoms with Gasteiger partial charge in [0.1, 0.15) is 11.5 Å². The van der Waals surface area contributed by atoms with E-state index in [2.05, 4.69) is 5.32 Å². The van der Waals surface area contributed by atoms with E-state index in [4.69, 9.17) is 14.9 Å². The third-order valence-electron chi connectivity index (χ3n) is 2.86. The third-order valence-corrected chi connectivity index (χ3v) is 2.86. The Morgan fingerprint density at radius 2 is 2.19 bits per heavy atom. The predicted molar refractivity (Wildman–Crippen MR) is 61.9 cm³/mol. The van der Waals surface area contributed by atoms with E-state index < -0.39 is 0 Å². The Morgan fingerprint density at radius 3 is 2.88 bits per heavy atom. The van der Waals surface area contributed by atoms with Crippen LogP contribution in [-0.2, 0) is 17.8 Å². The van der Waals surface area contributed by atoms with Crippen molar-refractivity contribution in [2.75, 3.05) is 13.2 Å². The van der Waals surface area contributed by atoms with Crippen LogP contribution < -0.4 is 11.1 Å². The summed E-state index contributed by atoms with van der Waals surface area (Å²) < 4.78 is 11.1. The largest absolute Gasteiger partial charge is 0.463 e. The Hall–Kier alpha value is -0.840. The molecule has 0 bridgehead atoms. The number of furan rings is 1. The highest BCUT2D eigenvalue weighted by Crippen LogP contribution is 2.12. The fourth-order valence-corrected chi connectivity index (χ4v) is 1.95. The third kappa shape index (κ3) is 3.33. The zero-order valence-electron chi connectivity index (χ0n) is 9.58. The molecule has 1 aromatic heterocycles. The summed E-state index contributed by atoms with van der Waals surface area (Å²) in [4.78, 5) is 0. The highest BCUT2D eigenvalue weighted by molar-refractivity contribution is 5.06. The number of nitrogens with two attached hydrogens (primary N) is 1. The molecule has 0 spiro atoms. The molecule has 2 rings (SSSR count). The van der Waals surface area contributed by atoms with E-state index in [-0.39, 0.29) is 0 Å². The van der Waals surface area contributed by atoms with Gasteiger partial charge in [-0.3, -0.25) is 0 Å². The van der Waals surface area contributed by atoms with Gasteiger partial charge in [0.25, 0.3) is 0 Å². The molecule has 1 unspecified atom stereocenters. The van der Waals surface area contributed by atoms with E-state index in [1.54, 1.807) is 0 Å². The number of nitrogens with one attached hydrogen (secondary N) is 1. The molecule has 1 aliphatic rings. The smallest absolute Gasteiger partial charge is 0.118 e. The Bertz CT molecular complexity index is 306. The van der Waals surface area contributed by atoms with Crippen LogP contribution in [-0.4, -0.2) is 19.3 Å². The van der Waals surface area contributed by atoms with Crippen molar-refractivity contribution >= 4 is 0 Å². The first-order valence-corrected chi connectivity index (χ1v) is 5.98. The Kier molecular flexibility index (Phi) is 4.39. The SMILES string of the molecule is NCc1ccc(CNCC2CCCCO2)o1. The first-order chi connectivity index (χ1) is 7.88. The van der Waals surface area contributed by atoms with Gasteiger partial charge in [0, 0.05) is 13.2 Å². The molecule has 0 amide bonds. The number of ether oxygens (including phenoxy) is 1. The lowest BCUT2D eigenvalue weighted by Crippen LogP contribution is -2.31. The van der Waals surface area contributed by atoms with Crippen molar-refractivity contribution in [1.82, 2.24) is 5.32 Å². The van der Waals surface area contributed by atoms with Crippen molar-refractivity contribution in [2.45, 2.75) is 38.5 Å². The van der Waals surface area contributed by atoms with E-state index in [9.17, 15) is 0 Å². The van der Waals surface area contributed by atoms with Crippen LogP contribution in [0.2, 0.25) is 0 Å². The summed E-state index contributed by atoms with van der Waals surface area (Å²) in [5.41, 5.74) is 5.47. The molecular formula is C12H20N2O2. The van der Waals surface area contributed by atoms with Crippen molar-refractivity contribution in [2.24, 2.45) is 5.73 Å². The second kappa shape index (κ2) is 6.03. The molecule has 16 heavy (non-hydrogen) atoms. The van der Waals surface area contributed by atoms with Gasteiger partial charge in [-0.2, -0.15) is 0 Å². The van der Waals surface area contributed by atoms with Crippen LogP contribution in [0.3, 0.4) is 0 Å². The molecule has 0 saturated carbocycles. The van der Waals surface area contributed by atoms with Crippen LogP contribution >= 0.6 is 0 Å². The highest BCUT2D eigenvalue weighted by atomic mass is 16.5. The molecule has 0 radical (unpaired) electrons. The van der Waals surface area contributed by atoms with Gasteiger partial charge in [-0.15, -0.1) is 0 Å². The minimum atomic E-state index is 0.373. The maximum atomic E-state index is 5.63. The Balaban J connectivity index is 1.66. The predicted octanol–water partition coefficient (Wildman–Crippen LogP) is 1.40. The van der Waals surface area contributed by atoms with Crippen molar-refractivity contribution in [3.05, 3.63) is 23.7 Å².